The molecular weight excluding hydrogens is 154 g/mol. The molecular formula is C9H9NO2. The summed E-state index contributed by atoms with van der Waals surface area (Å²) in [7, 11) is 0. The fraction of sp³-hybridized carbons (Fsp3) is 0.444. The van der Waals surface area contributed by atoms with Gasteiger partial charge in [0, 0.05) is 12.0 Å². The van der Waals surface area contributed by atoms with Crippen molar-refractivity contribution in [3.05, 3.63) is 17.5 Å². The molecule has 3 nitrogen and oxygen atoms in total. The van der Waals surface area contributed by atoms with Crippen LogP contribution >= 0.6 is 0 Å². The fourth-order valence-corrected chi connectivity index (χ4v) is 0.846. The molecule has 1 aromatic heterocycles. The third kappa shape index (κ3) is 1.66. The summed E-state index contributed by atoms with van der Waals surface area (Å²) in [4.78, 5) is 0. The van der Waals surface area contributed by atoms with Crippen molar-refractivity contribution in [2.24, 2.45) is 5.92 Å². The first-order valence-corrected chi connectivity index (χ1v) is 3.96. The van der Waals surface area contributed by atoms with Crippen LogP contribution in [0.1, 0.15) is 24.3 Å². The minimum Gasteiger partial charge on any atom is -0.390 e. The van der Waals surface area contributed by atoms with E-state index in [-0.39, 0.29) is 6.61 Å². The molecule has 0 atom stereocenters. The van der Waals surface area contributed by atoms with Gasteiger partial charge >= 0.3 is 0 Å². The van der Waals surface area contributed by atoms with E-state index < -0.39 is 0 Å². The first-order valence-electron chi connectivity index (χ1n) is 3.96. The molecule has 62 valence electrons. The quantitative estimate of drug-likeness (QED) is 0.626. The minimum atomic E-state index is -0.0887. The summed E-state index contributed by atoms with van der Waals surface area (Å²) in [5, 5.41) is 12.3. The maximum Gasteiger partial charge on any atom is 0.210 e. The van der Waals surface area contributed by atoms with Gasteiger partial charge in [0.25, 0.3) is 0 Å². The van der Waals surface area contributed by atoms with Gasteiger partial charge in [0.15, 0.2) is 0 Å². The summed E-state index contributed by atoms with van der Waals surface area (Å²) >= 11 is 0. The minimum absolute atomic E-state index is 0.0887. The van der Waals surface area contributed by atoms with E-state index in [2.05, 4.69) is 17.0 Å². The maximum absolute atomic E-state index is 8.67. The first-order chi connectivity index (χ1) is 5.88. The molecule has 1 N–H and O–H groups in total. The van der Waals surface area contributed by atoms with Crippen molar-refractivity contribution in [2.75, 3.05) is 0 Å². The van der Waals surface area contributed by atoms with Gasteiger partial charge in [-0.25, -0.2) is 0 Å². The molecule has 0 aromatic carbocycles. The topological polar surface area (TPSA) is 46.3 Å². The van der Waals surface area contributed by atoms with Crippen LogP contribution in [-0.4, -0.2) is 10.3 Å². The summed E-state index contributed by atoms with van der Waals surface area (Å²) in [6, 6.07) is 1.66. The lowest BCUT2D eigenvalue weighted by Crippen LogP contribution is -1.78. The average Bonchev–Trinajstić information content (AvgIpc) is 2.81. The normalized spacial score (nSPS) is 15.4. The Bertz CT molecular complexity index is 328. The largest absolute Gasteiger partial charge is 0.390 e. The van der Waals surface area contributed by atoms with Crippen LogP contribution in [0.5, 0.6) is 0 Å². The van der Waals surface area contributed by atoms with Gasteiger partial charge < -0.3 is 9.63 Å². The third-order valence-corrected chi connectivity index (χ3v) is 1.70. The zero-order valence-electron chi connectivity index (χ0n) is 6.58. The Morgan fingerprint density at radius 2 is 2.50 bits per heavy atom. The maximum atomic E-state index is 8.67. The fourth-order valence-electron chi connectivity index (χ4n) is 0.846. The van der Waals surface area contributed by atoms with Crippen molar-refractivity contribution in [3.63, 3.8) is 0 Å². The van der Waals surface area contributed by atoms with E-state index in [1.807, 2.05) is 0 Å². The molecule has 1 fully saturated rings. The number of nitrogens with zero attached hydrogens (tertiary/aromatic N) is 1. The Morgan fingerprint density at radius 3 is 3.08 bits per heavy atom. The van der Waals surface area contributed by atoms with Crippen molar-refractivity contribution >= 4 is 0 Å². The van der Waals surface area contributed by atoms with E-state index in [0.29, 0.717) is 17.4 Å². The van der Waals surface area contributed by atoms with E-state index in [1.165, 1.54) is 12.8 Å². The van der Waals surface area contributed by atoms with Crippen LogP contribution in [0.3, 0.4) is 0 Å². The van der Waals surface area contributed by atoms with Crippen molar-refractivity contribution < 1.29 is 9.63 Å². The van der Waals surface area contributed by atoms with Crippen molar-refractivity contribution in [3.8, 4) is 11.8 Å². The highest BCUT2D eigenvalue weighted by molar-refractivity contribution is 5.27. The number of hydrogen-bond acceptors (Lipinski definition) is 3. The molecule has 0 saturated heterocycles. The second kappa shape index (κ2) is 3.00. The van der Waals surface area contributed by atoms with Gasteiger partial charge in [0.05, 0.1) is 6.61 Å². The van der Waals surface area contributed by atoms with Crippen LogP contribution in [0.25, 0.3) is 0 Å². The Balaban J connectivity index is 2.08. The summed E-state index contributed by atoms with van der Waals surface area (Å²) < 4.78 is 4.85. The molecule has 1 heterocycles. The van der Waals surface area contributed by atoms with Crippen molar-refractivity contribution in [1.29, 1.82) is 0 Å². The Morgan fingerprint density at radius 1 is 1.67 bits per heavy atom. The SMILES string of the molecule is OCc1cc(C#CC2CC2)on1. The molecule has 0 spiro atoms. The molecule has 1 saturated carbocycles. The van der Waals surface area contributed by atoms with Crippen LogP contribution in [0, 0.1) is 17.8 Å². The van der Waals surface area contributed by atoms with Gasteiger partial charge in [-0.15, -0.1) is 0 Å². The zero-order valence-corrected chi connectivity index (χ0v) is 6.58. The number of hydrogen-bond donors (Lipinski definition) is 1. The monoisotopic (exact) mass is 163 g/mol. The summed E-state index contributed by atoms with van der Waals surface area (Å²) in [5.74, 6) is 7.03. The average molecular weight is 163 g/mol. The molecule has 12 heavy (non-hydrogen) atoms. The lowest BCUT2D eigenvalue weighted by Gasteiger charge is -1.75. The molecule has 1 aromatic rings. The molecule has 3 heteroatoms. The van der Waals surface area contributed by atoms with E-state index >= 15 is 0 Å². The second-order valence-corrected chi connectivity index (χ2v) is 2.88. The van der Waals surface area contributed by atoms with Crippen molar-refractivity contribution in [2.45, 2.75) is 19.4 Å². The molecule has 2 rings (SSSR count). The molecule has 0 aliphatic heterocycles. The van der Waals surface area contributed by atoms with Crippen LogP contribution in [0.4, 0.5) is 0 Å². The van der Waals surface area contributed by atoms with Crippen LogP contribution in [0.2, 0.25) is 0 Å². The smallest absolute Gasteiger partial charge is 0.210 e. The van der Waals surface area contributed by atoms with Gasteiger partial charge in [0.1, 0.15) is 5.69 Å². The predicted molar refractivity (Wildman–Crippen MR) is 42.0 cm³/mol. The van der Waals surface area contributed by atoms with E-state index in [4.69, 9.17) is 9.63 Å². The predicted octanol–water partition coefficient (Wildman–Crippen LogP) is 0.928. The third-order valence-electron chi connectivity index (χ3n) is 1.70. The van der Waals surface area contributed by atoms with Gasteiger partial charge in [-0.2, -0.15) is 0 Å². The first kappa shape index (κ1) is 7.38. The Hall–Kier alpha value is -1.27. The zero-order chi connectivity index (χ0) is 8.39. The summed E-state index contributed by atoms with van der Waals surface area (Å²) in [5.41, 5.74) is 0.537. The van der Waals surface area contributed by atoms with Gasteiger partial charge in [0.2, 0.25) is 5.76 Å². The van der Waals surface area contributed by atoms with Crippen LogP contribution in [0.15, 0.2) is 10.6 Å². The molecule has 0 radical (unpaired) electrons. The number of aromatic nitrogens is 1. The number of aliphatic hydroxyl groups is 1. The van der Waals surface area contributed by atoms with Gasteiger partial charge in [-0.3, -0.25) is 0 Å². The number of rotatable bonds is 1. The van der Waals surface area contributed by atoms with Crippen molar-refractivity contribution in [1.82, 2.24) is 5.16 Å². The number of aliphatic hydroxyl groups excluding tert-OH is 1. The summed E-state index contributed by atoms with van der Waals surface area (Å²) in [6.45, 7) is -0.0887. The molecule has 0 unspecified atom stereocenters. The molecule has 0 bridgehead atoms. The summed E-state index contributed by atoms with van der Waals surface area (Å²) in [6.07, 6.45) is 2.40. The highest BCUT2D eigenvalue weighted by Crippen LogP contribution is 2.27. The van der Waals surface area contributed by atoms with E-state index in [9.17, 15) is 0 Å². The Kier molecular flexibility index (Phi) is 1.84. The van der Waals surface area contributed by atoms with Gasteiger partial charge in [-0.1, -0.05) is 11.1 Å². The van der Waals surface area contributed by atoms with Crippen LogP contribution in [-0.2, 0) is 6.61 Å². The highest BCUT2D eigenvalue weighted by atomic mass is 16.5. The van der Waals surface area contributed by atoms with Gasteiger partial charge in [-0.05, 0) is 18.8 Å². The molecule has 1 aliphatic carbocycles. The standard InChI is InChI=1S/C9H9NO2/c11-6-8-5-9(12-10-8)4-3-7-1-2-7/h5,7,11H,1-2,6H2. The lowest BCUT2D eigenvalue weighted by molar-refractivity contribution is 0.266. The van der Waals surface area contributed by atoms with Crippen LogP contribution < -0.4 is 0 Å². The molecule has 0 amide bonds. The highest BCUT2D eigenvalue weighted by Gasteiger charge is 2.17. The van der Waals surface area contributed by atoms with E-state index in [0.717, 1.165) is 0 Å². The molecule has 1 aliphatic rings. The Labute approximate surface area is 70.4 Å². The van der Waals surface area contributed by atoms with E-state index in [1.54, 1.807) is 6.07 Å². The second-order valence-electron chi connectivity index (χ2n) is 2.88. The lowest BCUT2D eigenvalue weighted by atomic mass is 10.3.